The molecule has 0 fully saturated rings. The summed E-state index contributed by atoms with van der Waals surface area (Å²) in [7, 11) is 0. The summed E-state index contributed by atoms with van der Waals surface area (Å²) < 4.78 is 0. The molecule has 0 aliphatic rings. The lowest BCUT2D eigenvalue weighted by Gasteiger charge is -2.29. The third-order valence-electron chi connectivity index (χ3n) is 4.08. The van der Waals surface area contributed by atoms with Crippen LogP contribution in [0.3, 0.4) is 0 Å². The van der Waals surface area contributed by atoms with Crippen LogP contribution in [0.25, 0.3) is 0 Å². The molecule has 1 amide bonds. The molecular formula is C21H23N3OS. The largest absolute Gasteiger partial charge is 0.364 e. The van der Waals surface area contributed by atoms with Crippen LogP contribution < -0.4 is 10.2 Å². The van der Waals surface area contributed by atoms with Gasteiger partial charge < -0.3 is 10.2 Å². The maximum Gasteiger partial charge on any atom is 0.230 e. The van der Waals surface area contributed by atoms with E-state index in [4.69, 9.17) is 0 Å². The number of carbonyl (C=O) groups excluding carboxylic acids is 1. The third kappa shape index (κ3) is 4.92. The van der Waals surface area contributed by atoms with Crippen molar-refractivity contribution in [2.45, 2.75) is 32.9 Å². The van der Waals surface area contributed by atoms with Crippen molar-refractivity contribution in [2.24, 2.45) is 0 Å². The molecule has 5 heteroatoms. The minimum Gasteiger partial charge on any atom is -0.364 e. The molecule has 1 N–H and O–H groups in total. The van der Waals surface area contributed by atoms with Crippen LogP contribution in [0, 0.1) is 0 Å². The number of carbonyl (C=O) groups is 1. The van der Waals surface area contributed by atoms with E-state index in [2.05, 4.69) is 53.3 Å². The van der Waals surface area contributed by atoms with E-state index in [0.29, 0.717) is 18.3 Å². The van der Waals surface area contributed by atoms with Crippen molar-refractivity contribution < 1.29 is 4.79 Å². The van der Waals surface area contributed by atoms with Gasteiger partial charge in [-0.3, -0.25) is 4.79 Å². The molecule has 0 atom stereocenters. The average molecular weight is 366 g/mol. The molecule has 0 aliphatic heterocycles. The Bertz CT molecular complexity index is 814. The molecule has 2 aromatic heterocycles. The van der Waals surface area contributed by atoms with Crippen molar-refractivity contribution in [2.75, 3.05) is 10.2 Å². The maximum absolute atomic E-state index is 12.1. The van der Waals surface area contributed by atoms with E-state index in [-0.39, 0.29) is 5.91 Å². The van der Waals surface area contributed by atoms with Gasteiger partial charge in [0.05, 0.1) is 18.3 Å². The molecule has 0 radical (unpaired) electrons. The molecule has 3 rings (SSSR count). The second-order valence-corrected chi connectivity index (χ2v) is 7.45. The fourth-order valence-corrected chi connectivity index (χ4v) is 3.44. The second-order valence-electron chi connectivity index (χ2n) is 6.41. The van der Waals surface area contributed by atoms with Gasteiger partial charge in [0, 0.05) is 17.5 Å². The standard InChI is InChI=1S/C21H23N3OS/c1-16(2)24(15-17-7-4-3-5-8-17)18-10-11-20(22-14-18)23-21(25)13-19-9-6-12-26-19/h3-12,14,16H,13,15H2,1-2H3,(H,22,23,25). The molecule has 134 valence electrons. The van der Waals surface area contributed by atoms with Crippen LogP contribution >= 0.6 is 11.3 Å². The summed E-state index contributed by atoms with van der Waals surface area (Å²) in [4.78, 5) is 19.9. The Morgan fingerprint density at radius 2 is 1.92 bits per heavy atom. The lowest BCUT2D eigenvalue weighted by Crippen LogP contribution is -2.30. The molecule has 0 saturated heterocycles. The molecule has 26 heavy (non-hydrogen) atoms. The minimum atomic E-state index is -0.0438. The smallest absolute Gasteiger partial charge is 0.230 e. The van der Waals surface area contributed by atoms with Gasteiger partial charge >= 0.3 is 0 Å². The monoisotopic (exact) mass is 365 g/mol. The third-order valence-corrected chi connectivity index (χ3v) is 4.96. The Morgan fingerprint density at radius 3 is 2.54 bits per heavy atom. The van der Waals surface area contributed by atoms with Crippen LogP contribution in [-0.2, 0) is 17.8 Å². The SMILES string of the molecule is CC(C)N(Cc1ccccc1)c1ccc(NC(=O)Cc2cccs2)nc1. The van der Waals surface area contributed by atoms with Crippen molar-refractivity contribution in [3.05, 3.63) is 76.6 Å². The van der Waals surface area contributed by atoms with Gasteiger partial charge in [0.2, 0.25) is 5.91 Å². The zero-order valence-corrected chi connectivity index (χ0v) is 15.9. The van der Waals surface area contributed by atoms with Gasteiger partial charge in [0.1, 0.15) is 5.82 Å². The molecule has 3 aromatic rings. The Morgan fingerprint density at radius 1 is 1.12 bits per heavy atom. The van der Waals surface area contributed by atoms with Gasteiger partial charge in [-0.05, 0) is 43.0 Å². The summed E-state index contributed by atoms with van der Waals surface area (Å²) in [5.74, 6) is 0.538. The zero-order chi connectivity index (χ0) is 18.4. The molecule has 1 aromatic carbocycles. The number of hydrogen-bond acceptors (Lipinski definition) is 4. The molecule has 0 saturated carbocycles. The van der Waals surface area contributed by atoms with Crippen LogP contribution in [-0.4, -0.2) is 16.9 Å². The number of rotatable bonds is 7. The number of aromatic nitrogens is 1. The first-order valence-electron chi connectivity index (χ1n) is 8.70. The highest BCUT2D eigenvalue weighted by atomic mass is 32.1. The van der Waals surface area contributed by atoms with Crippen molar-refractivity contribution >= 4 is 28.7 Å². The quantitative estimate of drug-likeness (QED) is 0.658. The van der Waals surface area contributed by atoms with E-state index >= 15 is 0 Å². The van der Waals surface area contributed by atoms with E-state index < -0.39 is 0 Å². The van der Waals surface area contributed by atoms with Crippen molar-refractivity contribution in [3.8, 4) is 0 Å². The van der Waals surface area contributed by atoms with E-state index in [1.54, 1.807) is 11.3 Å². The lowest BCUT2D eigenvalue weighted by atomic mass is 10.1. The van der Waals surface area contributed by atoms with E-state index in [1.807, 2.05) is 41.9 Å². The summed E-state index contributed by atoms with van der Waals surface area (Å²) in [6.07, 6.45) is 2.21. The molecule has 0 bridgehead atoms. The molecule has 0 spiro atoms. The van der Waals surface area contributed by atoms with Gasteiger partial charge in [-0.15, -0.1) is 11.3 Å². The molecular weight excluding hydrogens is 342 g/mol. The van der Waals surface area contributed by atoms with Gasteiger partial charge in [0.15, 0.2) is 0 Å². The number of hydrogen-bond donors (Lipinski definition) is 1. The predicted octanol–water partition coefficient (Wildman–Crippen LogP) is 4.74. The van der Waals surface area contributed by atoms with Gasteiger partial charge in [-0.2, -0.15) is 0 Å². The van der Waals surface area contributed by atoms with Crippen molar-refractivity contribution in [3.63, 3.8) is 0 Å². The first-order valence-corrected chi connectivity index (χ1v) is 9.58. The average Bonchev–Trinajstić information content (AvgIpc) is 3.14. The number of nitrogens with zero attached hydrogens (tertiary/aromatic N) is 2. The Hall–Kier alpha value is -2.66. The maximum atomic E-state index is 12.1. The number of nitrogens with one attached hydrogen (secondary N) is 1. The summed E-state index contributed by atoms with van der Waals surface area (Å²) in [5, 5.41) is 4.84. The highest BCUT2D eigenvalue weighted by Gasteiger charge is 2.12. The number of benzene rings is 1. The van der Waals surface area contributed by atoms with Crippen LogP contribution in [0.4, 0.5) is 11.5 Å². The topological polar surface area (TPSA) is 45.2 Å². The van der Waals surface area contributed by atoms with Crippen LogP contribution in [0.1, 0.15) is 24.3 Å². The normalized spacial score (nSPS) is 10.7. The van der Waals surface area contributed by atoms with Crippen LogP contribution in [0.5, 0.6) is 0 Å². The number of amides is 1. The predicted molar refractivity (Wildman–Crippen MR) is 109 cm³/mol. The van der Waals surface area contributed by atoms with Crippen molar-refractivity contribution in [1.29, 1.82) is 0 Å². The van der Waals surface area contributed by atoms with E-state index in [9.17, 15) is 4.79 Å². The first kappa shape index (κ1) is 18.1. The van der Waals surface area contributed by atoms with Gasteiger partial charge in [-0.25, -0.2) is 4.98 Å². The summed E-state index contributed by atoms with van der Waals surface area (Å²) in [6.45, 7) is 5.16. The zero-order valence-electron chi connectivity index (χ0n) is 15.1. The molecule has 0 unspecified atom stereocenters. The first-order chi connectivity index (χ1) is 12.6. The summed E-state index contributed by atoms with van der Waals surface area (Å²) in [5.41, 5.74) is 2.30. The molecule has 2 heterocycles. The highest BCUT2D eigenvalue weighted by Crippen LogP contribution is 2.21. The Labute approximate surface area is 158 Å². The van der Waals surface area contributed by atoms with Gasteiger partial charge in [0.25, 0.3) is 0 Å². The number of thiophene rings is 1. The summed E-state index contributed by atoms with van der Waals surface area (Å²) >= 11 is 1.58. The Kier molecular flexibility index (Phi) is 6.02. The second kappa shape index (κ2) is 8.63. The number of pyridine rings is 1. The fourth-order valence-electron chi connectivity index (χ4n) is 2.74. The molecule has 0 aliphatic carbocycles. The lowest BCUT2D eigenvalue weighted by molar-refractivity contribution is -0.115. The van der Waals surface area contributed by atoms with E-state index in [1.165, 1.54) is 5.56 Å². The van der Waals surface area contributed by atoms with Crippen LogP contribution in [0.2, 0.25) is 0 Å². The van der Waals surface area contributed by atoms with Gasteiger partial charge in [-0.1, -0.05) is 36.4 Å². The Balaban J connectivity index is 1.65. The van der Waals surface area contributed by atoms with E-state index in [0.717, 1.165) is 17.1 Å². The molecule has 4 nitrogen and oxygen atoms in total. The van der Waals surface area contributed by atoms with Crippen LogP contribution in [0.15, 0.2) is 66.2 Å². The summed E-state index contributed by atoms with van der Waals surface area (Å²) in [6, 6.07) is 18.5. The highest BCUT2D eigenvalue weighted by molar-refractivity contribution is 7.10. The minimum absolute atomic E-state index is 0.0438. The fraction of sp³-hybridized carbons (Fsp3) is 0.238. The number of anilines is 2. The van der Waals surface area contributed by atoms with Crippen molar-refractivity contribution in [1.82, 2.24) is 4.98 Å².